The Kier molecular flexibility index (Phi) is 2.88. The number of ether oxygens (including phenoxy) is 1. The Balaban J connectivity index is 2.65. The van der Waals surface area contributed by atoms with Gasteiger partial charge in [0.1, 0.15) is 17.3 Å². The van der Waals surface area contributed by atoms with Crippen molar-refractivity contribution in [2.75, 3.05) is 12.8 Å². The van der Waals surface area contributed by atoms with Crippen molar-refractivity contribution in [1.29, 1.82) is 5.26 Å². The van der Waals surface area contributed by atoms with Gasteiger partial charge in [0, 0.05) is 18.0 Å². The van der Waals surface area contributed by atoms with Crippen LogP contribution in [-0.2, 0) is 0 Å². The molecule has 2 rings (SSSR count). The molecule has 5 nitrogen and oxygen atoms in total. The molecule has 0 aliphatic carbocycles. The molecule has 0 unspecified atom stereocenters. The number of nitriles is 1. The van der Waals surface area contributed by atoms with E-state index in [2.05, 4.69) is 16.0 Å². The molecule has 2 N–H and O–H groups in total. The smallest absolute Gasteiger partial charge is 0.150 e. The molecule has 0 fully saturated rings. The highest BCUT2D eigenvalue weighted by molar-refractivity contribution is 5.76. The van der Waals surface area contributed by atoms with E-state index in [1.54, 1.807) is 31.5 Å². The van der Waals surface area contributed by atoms with E-state index >= 15 is 0 Å². The number of hydrogen-bond donors (Lipinski definition) is 1. The maximum absolute atomic E-state index is 8.88. The molecule has 2 aromatic rings. The Hall–Kier alpha value is -2.61. The second kappa shape index (κ2) is 4.49. The van der Waals surface area contributed by atoms with Gasteiger partial charge in [-0.1, -0.05) is 0 Å². The number of nitrogens with zero attached hydrogens (tertiary/aromatic N) is 3. The lowest BCUT2D eigenvalue weighted by Gasteiger charge is -2.09. The minimum Gasteiger partial charge on any atom is -0.496 e. The fourth-order valence-electron chi connectivity index (χ4n) is 1.52. The first-order valence-corrected chi connectivity index (χ1v) is 4.91. The van der Waals surface area contributed by atoms with Crippen molar-refractivity contribution in [3.05, 3.63) is 36.2 Å². The van der Waals surface area contributed by atoms with Gasteiger partial charge in [-0.05, 0) is 18.2 Å². The Labute approximate surface area is 98.5 Å². The van der Waals surface area contributed by atoms with Gasteiger partial charge in [-0.3, -0.25) is 4.98 Å². The predicted octanol–water partition coefficient (Wildman–Crippen LogP) is 1.61. The van der Waals surface area contributed by atoms with E-state index in [0.29, 0.717) is 28.4 Å². The summed E-state index contributed by atoms with van der Waals surface area (Å²) in [7, 11) is 1.55. The van der Waals surface area contributed by atoms with E-state index in [9.17, 15) is 0 Å². The monoisotopic (exact) mass is 226 g/mol. The SMILES string of the molecule is COc1ccc(C#N)cc1-c1nccnc1N. The van der Waals surface area contributed by atoms with E-state index in [4.69, 9.17) is 15.7 Å². The number of anilines is 1. The molecule has 5 heteroatoms. The van der Waals surface area contributed by atoms with Gasteiger partial charge >= 0.3 is 0 Å². The summed E-state index contributed by atoms with van der Waals surface area (Å²) >= 11 is 0. The molecule has 17 heavy (non-hydrogen) atoms. The molecule has 0 bridgehead atoms. The van der Waals surface area contributed by atoms with Crippen LogP contribution in [0.1, 0.15) is 5.56 Å². The van der Waals surface area contributed by atoms with Crippen LogP contribution in [0.2, 0.25) is 0 Å². The number of methoxy groups -OCH3 is 1. The Morgan fingerprint density at radius 2 is 2.06 bits per heavy atom. The topological polar surface area (TPSA) is 84.8 Å². The summed E-state index contributed by atoms with van der Waals surface area (Å²) in [5.74, 6) is 0.914. The third-order valence-electron chi connectivity index (χ3n) is 2.31. The fraction of sp³-hybridized carbons (Fsp3) is 0.0833. The largest absolute Gasteiger partial charge is 0.496 e. The summed E-state index contributed by atoms with van der Waals surface area (Å²) in [6.07, 6.45) is 3.06. The lowest BCUT2D eigenvalue weighted by Crippen LogP contribution is -1.98. The van der Waals surface area contributed by atoms with Crippen molar-refractivity contribution >= 4 is 5.82 Å². The highest BCUT2D eigenvalue weighted by atomic mass is 16.5. The van der Waals surface area contributed by atoms with E-state index < -0.39 is 0 Å². The summed E-state index contributed by atoms with van der Waals surface area (Å²) < 4.78 is 5.22. The number of benzene rings is 1. The second-order valence-corrected chi connectivity index (χ2v) is 3.32. The summed E-state index contributed by atoms with van der Waals surface area (Å²) in [5.41, 5.74) is 7.45. The molecule has 1 aromatic heterocycles. The number of rotatable bonds is 2. The van der Waals surface area contributed by atoms with Crippen LogP contribution in [0, 0.1) is 11.3 Å². The molecule has 0 saturated carbocycles. The molecular formula is C12H10N4O. The minimum absolute atomic E-state index is 0.306. The lowest BCUT2D eigenvalue weighted by atomic mass is 10.1. The maximum atomic E-state index is 8.88. The Bertz CT molecular complexity index is 589. The third kappa shape index (κ3) is 2.01. The number of hydrogen-bond acceptors (Lipinski definition) is 5. The van der Waals surface area contributed by atoms with Crippen molar-refractivity contribution < 1.29 is 4.74 Å². The zero-order chi connectivity index (χ0) is 12.3. The normalized spacial score (nSPS) is 9.65. The molecule has 0 saturated heterocycles. The molecule has 0 aliphatic rings. The first-order chi connectivity index (χ1) is 8.26. The lowest BCUT2D eigenvalue weighted by molar-refractivity contribution is 0.416. The summed E-state index contributed by atoms with van der Waals surface area (Å²) in [5, 5.41) is 8.88. The predicted molar refractivity (Wildman–Crippen MR) is 63.1 cm³/mol. The molecule has 1 aromatic carbocycles. The van der Waals surface area contributed by atoms with Crippen molar-refractivity contribution in [3.63, 3.8) is 0 Å². The molecule has 0 atom stereocenters. The van der Waals surface area contributed by atoms with Gasteiger partial charge in [0.25, 0.3) is 0 Å². The highest BCUT2D eigenvalue weighted by Crippen LogP contribution is 2.31. The van der Waals surface area contributed by atoms with Gasteiger partial charge < -0.3 is 10.5 Å². The second-order valence-electron chi connectivity index (χ2n) is 3.32. The van der Waals surface area contributed by atoms with E-state index in [-0.39, 0.29) is 0 Å². The zero-order valence-electron chi connectivity index (χ0n) is 9.21. The average Bonchev–Trinajstić information content (AvgIpc) is 2.38. The van der Waals surface area contributed by atoms with Gasteiger partial charge in [0.05, 0.1) is 18.7 Å². The summed E-state index contributed by atoms with van der Waals surface area (Å²) in [6, 6.07) is 7.13. The third-order valence-corrected chi connectivity index (χ3v) is 2.31. The maximum Gasteiger partial charge on any atom is 0.150 e. The van der Waals surface area contributed by atoms with Crippen LogP contribution in [0.4, 0.5) is 5.82 Å². The molecule has 0 amide bonds. The number of nitrogen functional groups attached to an aromatic ring is 1. The highest BCUT2D eigenvalue weighted by Gasteiger charge is 2.11. The average molecular weight is 226 g/mol. The minimum atomic E-state index is 0.306. The standard InChI is InChI=1S/C12H10N4O/c1-17-10-3-2-8(7-13)6-9(10)11-12(14)16-5-4-15-11/h2-6H,1H3,(H2,14,16). The molecule has 0 radical (unpaired) electrons. The van der Waals surface area contributed by atoms with Crippen LogP contribution in [0.3, 0.4) is 0 Å². The van der Waals surface area contributed by atoms with Crippen LogP contribution >= 0.6 is 0 Å². The van der Waals surface area contributed by atoms with Crippen LogP contribution in [0.25, 0.3) is 11.3 Å². The quantitative estimate of drug-likeness (QED) is 0.840. The fourth-order valence-corrected chi connectivity index (χ4v) is 1.52. The van der Waals surface area contributed by atoms with Crippen LogP contribution in [-0.4, -0.2) is 17.1 Å². The van der Waals surface area contributed by atoms with Gasteiger partial charge in [-0.15, -0.1) is 0 Å². The van der Waals surface area contributed by atoms with Crippen molar-refractivity contribution in [3.8, 4) is 23.1 Å². The molecular weight excluding hydrogens is 216 g/mol. The number of nitrogens with two attached hydrogens (primary N) is 1. The van der Waals surface area contributed by atoms with Crippen molar-refractivity contribution in [2.45, 2.75) is 0 Å². The van der Waals surface area contributed by atoms with Gasteiger partial charge in [0.2, 0.25) is 0 Å². The van der Waals surface area contributed by atoms with E-state index in [1.165, 1.54) is 6.20 Å². The van der Waals surface area contributed by atoms with Crippen molar-refractivity contribution in [1.82, 2.24) is 9.97 Å². The van der Waals surface area contributed by atoms with E-state index in [0.717, 1.165) is 0 Å². The van der Waals surface area contributed by atoms with Crippen LogP contribution in [0.5, 0.6) is 5.75 Å². The molecule has 0 spiro atoms. The van der Waals surface area contributed by atoms with Gasteiger partial charge in [-0.25, -0.2) is 4.98 Å². The van der Waals surface area contributed by atoms with Gasteiger partial charge in [-0.2, -0.15) is 5.26 Å². The molecule has 84 valence electrons. The summed E-state index contributed by atoms with van der Waals surface area (Å²) in [6.45, 7) is 0. The van der Waals surface area contributed by atoms with Gasteiger partial charge in [0.15, 0.2) is 0 Å². The zero-order valence-corrected chi connectivity index (χ0v) is 9.21. The van der Waals surface area contributed by atoms with Crippen LogP contribution < -0.4 is 10.5 Å². The molecule has 0 aliphatic heterocycles. The first kappa shape index (κ1) is 10.9. The number of aromatic nitrogens is 2. The van der Waals surface area contributed by atoms with Crippen molar-refractivity contribution in [2.24, 2.45) is 0 Å². The Morgan fingerprint density at radius 3 is 2.71 bits per heavy atom. The van der Waals surface area contributed by atoms with Crippen LogP contribution in [0.15, 0.2) is 30.6 Å². The Morgan fingerprint density at radius 1 is 1.29 bits per heavy atom. The molecule has 1 heterocycles. The summed E-state index contributed by atoms with van der Waals surface area (Å²) in [4.78, 5) is 8.12. The van der Waals surface area contributed by atoms with E-state index in [1.807, 2.05) is 0 Å². The first-order valence-electron chi connectivity index (χ1n) is 4.91.